The molecule has 160 valence electrons. The lowest BCUT2D eigenvalue weighted by molar-refractivity contribution is -0.115. The molecule has 2 aromatic carbocycles. The zero-order valence-corrected chi connectivity index (χ0v) is 18.2. The molecule has 0 radical (unpaired) electrons. The van der Waals surface area contributed by atoms with Crippen LogP contribution in [0, 0.1) is 0 Å². The normalized spacial score (nSPS) is 15.2. The average Bonchev–Trinajstić information content (AvgIpc) is 3.47. The molecule has 1 atom stereocenters. The lowest BCUT2D eigenvalue weighted by atomic mass is 9.95. The Kier molecular flexibility index (Phi) is 5.20. The number of ether oxygens (including phenoxy) is 1. The van der Waals surface area contributed by atoms with Gasteiger partial charge in [0, 0.05) is 5.70 Å². The van der Waals surface area contributed by atoms with E-state index in [-0.39, 0.29) is 0 Å². The van der Waals surface area contributed by atoms with Crippen LogP contribution in [0.2, 0.25) is 0 Å². The maximum absolute atomic E-state index is 12.4. The summed E-state index contributed by atoms with van der Waals surface area (Å²) < 4.78 is 7.73. The number of carbonyl (C=O) groups excluding carboxylic acids is 1. The first-order chi connectivity index (χ1) is 15.6. The van der Waals surface area contributed by atoms with E-state index in [9.17, 15) is 4.79 Å². The largest absolute Gasteiger partial charge is 0.489 e. The number of thiophene rings is 1. The van der Waals surface area contributed by atoms with Crippen LogP contribution in [0.5, 0.6) is 5.75 Å². The van der Waals surface area contributed by atoms with Crippen molar-refractivity contribution in [3.63, 3.8) is 0 Å². The van der Waals surface area contributed by atoms with Gasteiger partial charge >= 0.3 is 0 Å². The van der Waals surface area contributed by atoms with E-state index < -0.39 is 11.9 Å². The van der Waals surface area contributed by atoms with Gasteiger partial charge in [0.15, 0.2) is 5.82 Å². The molecule has 1 unspecified atom stereocenters. The fourth-order valence-electron chi connectivity index (χ4n) is 3.80. The minimum absolute atomic E-state index is 0.445. The standard InChI is InChI=1S/C24H21N5O2S/c1-15-20(22(25)30)21(29-24(26-15)27-23(28-29)19-11-6-12-32-19)17-9-5-10-18(13-17)31-14-16-7-3-2-4-8-16/h2-13,21H,14H2,1H3,(H2,25,30)(H,26,27,28). The van der Waals surface area contributed by atoms with Gasteiger partial charge in [0.2, 0.25) is 11.9 Å². The fourth-order valence-corrected chi connectivity index (χ4v) is 4.46. The number of nitrogens with two attached hydrogens (primary N) is 1. The Morgan fingerprint density at radius 1 is 1.16 bits per heavy atom. The topological polar surface area (TPSA) is 95.1 Å². The van der Waals surface area contributed by atoms with E-state index in [0.717, 1.165) is 16.0 Å². The van der Waals surface area contributed by atoms with E-state index in [2.05, 4.69) is 10.3 Å². The number of carbonyl (C=O) groups is 1. The predicted octanol–water partition coefficient (Wildman–Crippen LogP) is 4.36. The zero-order valence-electron chi connectivity index (χ0n) is 17.4. The van der Waals surface area contributed by atoms with Crippen LogP contribution in [0.4, 0.5) is 5.95 Å². The number of fused-ring (bicyclic) bond motifs is 1. The third-order valence-electron chi connectivity index (χ3n) is 5.28. The minimum Gasteiger partial charge on any atom is -0.489 e. The van der Waals surface area contributed by atoms with Gasteiger partial charge < -0.3 is 15.8 Å². The van der Waals surface area contributed by atoms with Crippen molar-refractivity contribution in [2.45, 2.75) is 19.6 Å². The molecule has 4 aromatic rings. The second-order valence-electron chi connectivity index (χ2n) is 7.46. The Bertz CT molecular complexity index is 1300. The molecular weight excluding hydrogens is 422 g/mol. The van der Waals surface area contributed by atoms with Crippen LogP contribution in [0.1, 0.15) is 24.1 Å². The summed E-state index contributed by atoms with van der Waals surface area (Å²) in [5, 5.41) is 9.87. The summed E-state index contributed by atoms with van der Waals surface area (Å²) in [6.07, 6.45) is 0. The highest BCUT2D eigenvalue weighted by molar-refractivity contribution is 7.13. The Balaban J connectivity index is 1.53. The van der Waals surface area contributed by atoms with Crippen molar-refractivity contribution in [1.82, 2.24) is 14.8 Å². The average molecular weight is 444 g/mol. The summed E-state index contributed by atoms with van der Waals surface area (Å²) in [6.45, 7) is 2.27. The Labute approximate surface area is 189 Å². The molecule has 0 saturated heterocycles. The highest BCUT2D eigenvalue weighted by Gasteiger charge is 2.33. The van der Waals surface area contributed by atoms with Gasteiger partial charge in [-0.2, -0.15) is 4.98 Å². The molecule has 7 nitrogen and oxygen atoms in total. The van der Waals surface area contributed by atoms with Crippen LogP contribution in [0.25, 0.3) is 10.7 Å². The van der Waals surface area contributed by atoms with Crippen molar-refractivity contribution >= 4 is 23.2 Å². The zero-order chi connectivity index (χ0) is 22.1. The van der Waals surface area contributed by atoms with Crippen LogP contribution in [0.3, 0.4) is 0 Å². The molecule has 2 aromatic heterocycles. The fraction of sp³-hybridized carbons (Fsp3) is 0.125. The van der Waals surface area contributed by atoms with Crippen molar-refractivity contribution in [1.29, 1.82) is 0 Å². The molecule has 0 aliphatic carbocycles. The molecule has 1 amide bonds. The van der Waals surface area contributed by atoms with Crippen LogP contribution in [-0.2, 0) is 11.4 Å². The number of allylic oxidation sites excluding steroid dienone is 1. The van der Waals surface area contributed by atoms with E-state index in [0.29, 0.717) is 35.4 Å². The SMILES string of the molecule is CC1=C(C(N)=O)C(c2cccc(OCc3ccccc3)c2)n2nc(-c3cccs3)nc2N1. The lowest BCUT2D eigenvalue weighted by Crippen LogP contribution is -2.31. The van der Waals surface area contributed by atoms with Gasteiger partial charge in [-0.3, -0.25) is 4.79 Å². The third-order valence-corrected chi connectivity index (χ3v) is 6.15. The Morgan fingerprint density at radius 2 is 2.00 bits per heavy atom. The molecule has 0 bridgehead atoms. The van der Waals surface area contributed by atoms with Gasteiger partial charge in [0.1, 0.15) is 18.4 Å². The second kappa shape index (κ2) is 8.32. The van der Waals surface area contributed by atoms with Crippen molar-refractivity contribution < 1.29 is 9.53 Å². The van der Waals surface area contributed by atoms with Gasteiger partial charge in [-0.1, -0.05) is 48.5 Å². The summed E-state index contributed by atoms with van der Waals surface area (Å²) in [5.74, 6) is 1.36. The van der Waals surface area contributed by atoms with E-state index in [1.165, 1.54) is 0 Å². The summed E-state index contributed by atoms with van der Waals surface area (Å²) >= 11 is 1.56. The predicted molar refractivity (Wildman–Crippen MR) is 124 cm³/mol. The Hall–Kier alpha value is -3.91. The van der Waals surface area contributed by atoms with E-state index in [4.69, 9.17) is 15.6 Å². The van der Waals surface area contributed by atoms with Crippen molar-refractivity contribution in [3.05, 3.63) is 94.5 Å². The van der Waals surface area contributed by atoms with E-state index in [1.807, 2.05) is 79.0 Å². The summed E-state index contributed by atoms with van der Waals surface area (Å²) in [6, 6.07) is 21.0. The van der Waals surface area contributed by atoms with Crippen LogP contribution >= 0.6 is 11.3 Å². The molecule has 3 N–H and O–H groups in total. The highest BCUT2D eigenvalue weighted by Crippen LogP contribution is 2.37. The highest BCUT2D eigenvalue weighted by atomic mass is 32.1. The van der Waals surface area contributed by atoms with Crippen molar-refractivity contribution in [3.8, 4) is 16.5 Å². The molecule has 32 heavy (non-hydrogen) atoms. The maximum atomic E-state index is 12.4. The van der Waals surface area contributed by atoms with Crippen LogP contribution in [0.15, 0.2) is 83.4 Å². The summed E-state index contributed by atoms with van der Waals surface area (Å²) in [7, 11) is 0. The first-order valence-corrected chi connectivity index (χ1v) is 11.0. The molecule has 0 saturated carbocycles. The molecular formula is C24H21N5O2S. The van der Waals surface area contributed by atoms with Crippen molar-refractivity contribution in [2.24, 2.45) is 5.73 Å². The number of rotatable bonds is 6. The quantitative estimate of drug-likeness (QED) is 0.462. The van der Waals surface area contributed by atoms with E-state index in [1.54, 1.807) is 16.0 Å². The van der Waals surface area contributed by atoms with E-state index >= 15 is 0 Å². The number of nitrogens with zero attached hydrogens (tertiary/aromatic N) is 3. The molecule has 5 rings (SSSR count). The number of hydrogen-bond donors (Lipinski definition) is 2. The second-order valence-corrected chi connectivity index (χ2v) is 8.41. The number of aromatic nitrogens is 3. The van der Waals surface area contributed by atoms with Gasteiger partial charge in [-0.25, -0.2) is 4.68 Å². The Morgan fingerprint density at radius 3 is 2.75 bits per heavy atom. The van der Waals surface area contributed by atoms with Crippen LogP contribution in [-0.4, -0.2) is 20.7 Å². The summed E-state index contributed by atoms with van der Waals surface area (Å²) in [4.78, 5) is 18.0. The molecule has 8 heteroatoms. The number of benzene rings is 2. The maximum Gasteiger partial charge on any atom is 0.248 e. The van der Waals surface area contributed by atoms with Gasteiger partial charge in [-0.15, -0.1) is 16.4 Å². The number of hydrogen-bond acceptors (Lipinski definition) is 6. The minimum atomic E-state index is -0.509. The number of amides is 1. The third kappa shape index (κ3) is 3.76. The van der Waals surface area contributed by atoms with Crippen molar-refractivity contribution in [2.75, 3.05) is 5.32 Å². The molecule has 0 spiro atoms. The molecule has 1 aliphatic rings. The first kappa shape index (κ1) is 20.0. The smallest absolute Gasteiger partial charge is 0.248 e. The van der Waals surface area contributed by atoms with Gasteiger partial charge in [0.05, 0.1) is 10.5 Å². The monoisotopic (exact) mass is 443 g/mol. The lowest BCUT2D eigenvalue weighted by Gasteiger charge is -2.27. The summed E-state index contributed by atoms with van der Waals surface area (Å²) in [5.41, 5.74) is 8.81. The number of nitrogens with one attached hydrogen (secondary N) is 1. The molecule has 1 aliphatic heterocycles. The van der Waals surface area contributed by atoms with Crippen LogP contribution < -0.4 is 15.8 Å². The number of anilines is 1. The molecule has 3 heterocycles. The van der Waals surface area contributed by atoms with Gasteiger partial charge in [-0.05, 0) is 41.6 Å². The first-order valence-electron chi connectivity index (χ1n) is 10.1. The number of primary amides is 1. The van der Waals surface area contributed by atoms with Gasteiger partial charge in [0.25, 0.3) is 0 Å². The molecule has 0 fully saturated rings.